The molecule has 0 radical (unpaired) electrons. The van der Waals surface area contributed by atoms with Gasteiger partial charge in [-0.2, -0.15) is 0 Å². The van der Waals surface area contributed by atoms with Gasteiger partial charge in [-0.3, -0.25) is 0 Å². The molecule has 20 rings (SSSR count). The molecule has 16 aromatic carbocycles. The second-order valence-electron chi connectivity index (χ2n) is 27.9. The molecule has 0 N–H and O–H groups in total. The number of fused-ring (bicyclic) bond motifs is 12. The molecule has 0 atom stereocenters. The third-order valence-corrected chi connectivity index (χ3v) is 21.8. The Morgan fingerprint density at radius 1 is 0.212 bits per heavy atom. The zero-order chi connectivity index (χ0) is 69.3. The first-order chi connectivity index (χ1) is 51.4. The molecule has 0 unspecified atom stereocenters. The highest BCUT2D eigenvalue weighted by Gasteiger charge is 2.46. The minimum Gasteiger partial charge on any atom is -0.310 e. The van der Waals surface area contributed by atoms with Gasteiger partial charge in [0, 0.05) is 72.5 Å². The maximum absolute atomic E-state index is 2.44. The summed E-state index contributed by atoms with van der Waals surface area (Å²) in [4.78, 5) is 4.81. The molecule has 4 heteroatoms. The summed E-state index contributed by atoms with van der Waals surface area (Å²) >= 11 is 0. The van der Waals surface area contributed by atoms with Crippen LogP contribution in [0.3, 0.4) is 0 Å². The summed E-state index contributed by atoms with van der Waals surface area (Å²) in [6, 6.07) is 146. The van der Waals surface area contributed by atoms with Crippen LogP contribution in [0, 0.1) is 0 Å². The van der Waals surface area contributed by atoms with E-state index in [0.717, 1.165) is 39.8 Å². The van der Waals surface area contributed by atoms with Gasteiger partial charge in [-0.1, -0.05) is 293 Å². The van der Waals surface area contributed by atoms with Gasteiger partial charge in [-0.25, -0.2) is 0 Å². The van der Waals surface area contributed by atoms with Gasteiger partial charge in [0.2, 0.25) is 0 Å². The number of hydrogen-bond acceptors (Lipinski definition) is 2. The molecule has 0 bridgehead atoms. The quantitative estimate of drug-likeness (QED) is 0.121. The molecule has 4 nitrogen and oxygen atoms in total. The first kappa shape index (κ1) is 61.8. The first-order valence-electron chi connectivity index (χ1n) is 36.1. The van der Waals surface area contributed by atoms with Gasteiger partial charge in [-0.05, 0) is 199 Å². The largest absolute Gasteiger partial charge is 0.310 e. The Morgan fingerprint density at radius 2 is 0.567 bits per heavy atom. The molecule has 2 aliphatic carbocycles. The van der Waals surface area contributed by atoms with E-state index >= 15 is 0 Å². The SMILES string of the molecule is CC1(C)c2ccccc2-c2ccc(N(c3ccc(-c4ccccc4)cc3)c3ccc(-c4ccc5c(c4)c4ccccc4n5-c4ccccc4)cc3)cc21.c1ccc(N(c2ccc3c(c2)C(c2ccccc2)(c2ccccc2)c2ccccc2-3)c2ccc3c4ccccc4n(-c4ccccc4)c3c2)cc1. The molecule has 0 spiro atoms. The van der Waals surface area contributed by atoms with Crippen LogP contribution in [0.1, 0.15) is 47.2 Å². The van der Waals surface area contributed by atoms with Crippen molar-refractivity contribution in [1.29, 1.82) is 0 Å². The summed E-state index contributed by atoms with van der Waals surface area (Å²) in [5.41, 5.74) is 31.2. The van der Waals surface area contributed by atoms with Gasteiger partial charge in [0.1, 0.15) is 0 Å². The Balaban J connectivity index is 0.000000143. The van der Waals surface area contributed by atoms with Crippen molar-refractivity contribution in [1.82, 2.24) is 9.13 Å². The highest BCUT2D eigenvalue weighted by atomic mass is 15.2. The fourth-order valence-electron chi connectivity index (χ4n) is 17.1. The van der Waals surface area contributed by atoms with Crippen LogP contribution in [-0.4, -0.2) is 9.13 Å². The summed E-state index contributed by atoms with van der Waals surface area (Å²) in [5, 5.41) is 5.01. The van der Waals surface area contributed by atoms with Crippen molar-refractivity contribution >= 4 is 77.7 Å². The van der Waals surface area contributed by atoms with E-state index in [2.05, 4.69) is 433 Å². The number of nitrogens with zero attached hydrogens (tertiary/aromatic N) is 4. The van der Waals surface area contributed by atoms with Crippen molar-refractivity contribution in [2.24, 2.45) is 0 Å². The minimum absolute atomic E-state index is 0.0864. The van der Waals surface area contributed by atoms with Gasteiger partial charge in [0.25, 0.3) is 0 Å². The van der Waals surface area contributed by atoms with E-state index in [1.807, 2.05) is 0 Å². The molecule has 0 aliphatic heterocycles. The fourth-order valence-corrected chi connectivity index (χ4v) is 17.1. The maximum atomic E-state index is 2.44. The Hall–Kier alpha value is -13.3. The Labute approximate surface area is 607 Å². The van der Waals surface area contributed by atoms with Gasteiger partial charge in [0.05, 0.1) is 27.5 Å². The third-order valence-electron chi connectivity index (χ3n) is 21.8. The van der Waals surface area contributed by atoms with Crippen molar-refractivity contribution < 1.29 is 0 Å². The molecule has 492 valence electrons. The van der Waals surface area contributed by atoms with E-state index in [1.54, 1.807) is 0 Å². The highest BCUT2D eigenvalue weighted by molar-refractivity contribution is 6.12. The molecule has 2 aromatic heterocycles. The van der Waals surface area contributed by atoms with E-state index in [1.165, 1.54) is 127 Å². The van der Waals surface area contributed by atoms with Gasteiger partial charge < -0.3 is 18.9 Å². The van der Waals surface area contributed by atoms with Crippen molar-refractivity contribution in [2.75, 3.05) is 9.80 Å². The maximum Gasteiger partial charge on any atom is 0.0714 e. The molecule has 18 aromatic rings. The number of anilines is 6. The second-order valence-corrected chi connectivity index (χ2v) is 27.9. The zero-order valence-corrected chi connectivity index (χ0v) is 57.9. The number of benzene rings is 16. The van der Waals surface area contributed by atoms with Crippen LogP contribution in [0.15, 0.2) is 400 Å². The van der Waals surface area contributed by atoms with Crippen LogP contribution in [0.2, 0.25) is 0 Å². The Bertz CT molecular complexity index is 6180. The number of rotatable bonds is 12. The molecule has 0 saturated carbocycles. The normalized spacial score (nSPS) is 12.9. The van der Waals surface area contributed by atoms with Crippen LogP contribution < -0.4 is 9.80 Å². The first-order valence-corrected chi connectivity index (χ1v) is 36.1. The highest BCUT2D eigenvalue weighted by Crippen LogP contribution is 2.58. The molecule has 104 heavy (non-hydrogen) atoms. The predicted molar refractivity (Wildman–Crippen MR) is 437 cm³/mol. The van der Waals surface area contributed by atoms with Crippen molar-refractivity contribution in [3.63, 3.8) is 0 Å². The van der Waals surface area contributed by atoms with Crippen LogP contribution in [0.4, 0.5) is 34.1 Å². The molecule has 0 amide bonds. The van der Waals surface area contributed by atoms with Crippen LogP contribution in [-0.2, 0) is 10.8 Å². The topological polar surface area (TPSA) is 16.3 Å². The van der Waals surface area contributed by atoms with E-state index in [9.17, 15) is 0 Å². The van der Waals surface area contributed by atoms with Crippen molar-refractivity contribution in [3.8, 4) is 55.9 Å². The molecular weight excluding hydrogens is 1260 g/mol. The lowest BCUT2D eigenvalue weighted by molar-refractivity contribution is 0.660. The number of para-hydroxylation sites is 5. The fraction of sp³-hybridized carbons (Fsp3) is 0.0400. The smallest absolute Gasteiger partial charge is 0.0714 e. The van der Waals surface area contributed by atoms with Gasteiger partial charge in [-0.15, -0.1) is 0 Å². The van der Waals surface area contributed by atoms with E-state index < -0.39 is 5.41 Å². The number of aromatic nitrogens is 2. The lowest BCUT2D eigenvalue weighted by atomic mass is 9.67. The van der Waals surface area contributed by atoms with E-state index in [-0.39, 0.29) is 5.41 Å². The summed E-state index contributed by atoms with van der Waals surface area (Å²) in [7, 11) is 0. The average Bonchev–Trinajstić information content (AvgIpc) is 1.53. The van der Waals surface area contributed by atoms with Crippen molar-refractivity contribution in [2.45, 2.75) is 24.7 Å². The lowest BCUT2D eigenvalue weighted by Crippen LogP contribution is -2.28. The Kier molecular flexibility index (Phi) is 15.1. The van der Waals surface area contributed by atoms with Crippen LogP contribution in [0.5, 0.6) is 0 Å². The molecule has 2 heterocycles. The lowest BCUT2D eigenvalue weighted by Gasteiger charge is -2.35. The predicted octanol–water partition coefficient (Wildman–Crippen LogP) is 26.5. The standard InChI is InChI=1S/C51H38N2.C49H34N2/c1-51(2)47-19-11-9-17-43(47)44-31-30-42(34-48(44)51)52(40-26-21-36(22-27-40)35-13-5-3-6-14-35)41-28-23-37(24-29-41)38-25-32-50-46(33-38)45-18-10-12-20-49(45)53(50)39-15-7-4-8-16-39;1-5-17-35(18-6-1)49(36-19-7-2-8-20-36)45-27-15-13-25-41(45)42-31-29-39(33-46(42)49)50(37-21-9-3-10-22-37)40-30-32-44-43-26-14-16-28-47(43)51(48(44)34-40)38-23-11-4-12-24-38/h3-34H,1-2H3;1-34H. The average molecular weight is 1330 g/mol. The summed E-state index contributed by atoms with van der Waals surface area (Å²) < 4.78 is 4.77. The van der Waals surface area contributed by atoms with Gasteiger partial charge in [0.15, 0.2) is 0 Å². The summed E-state index contributed by atoms with van der Waals surface area (Å²) in [6.07, 6.45) is 0. The minimum atomic E-state index is -0.476. The molecule has 0 saturated heterocycles. The second kappa shape index (κ2) is 25.4. The zero-order valence-electron chi connectivity index (χ0n) is 57.9. The van der Waals surface area contributed by atoms with E-state index in [4.69, 9.17) is 0 Å². The summed E-state index contributed by atoms with van der Waals surface area (Å²) in [5.74, 6) is 0. The molecule has 2 aliphatic rings. The molecular formula is C100H72N4. The third kappa shape index (κ3) is 10.2. The number of hydrogen-bond donors (Lipinski definition) is 0. The molecule has 0 fully saturated rings. The summed E-state index contributed by atoms with van der Waals surface area (Å²) in [6.45, 7) is 4.70. The van der Waals surface area contributed by atoms with Crippen molar-refractivity contribution in [3.05, 3.63) is 434 Å². The Morgan fingerprint density at radius 3 is 1.15 bits per heavy atom. The monoisotopic (exact) mass is 1330 g/mol. The van der Waals surface area contributed by atoms with Gasteiger partial charge >= 0.3 is 0 Å². The van der Waals surface area contributed by atoms with Crippen LogP contribution in [0.25, 0.3) is 99.5 Å². The van der Waals surface area contributed by atoms with E-state index in [0.29, 0.717) is 0 Å². The van der Waals surface area contributed by atoms with Crippen LogP contribution >= 0.6 is 0 Å².